The topological polar surface area (TPSA) is 98.0 Å². The largest absolute Gasteiger partial charge is 0.492 e. The van der Waals surface area contributed by atoms with Gasteiger partial charge in [-0.1, -0.05) is 0 Å². The summed E-state index contributed by atoms with van der Waals surface area (Å²) in [6.45, 7) is 2.75. The third-order valence-electron chi connectivity index (χ3n) is 1.81. The zero-order chi connectivity index (χ0) is 13.0. The number of nitrogens with zero attached hydrogens (tertiary/aromatic N) is 1. The van der Waals surface area contributed by atoms with E-state index in [-0.39, 0.29) is 6.42 Å². The molecule has 17 heavy (non-hydrogen) atoms. The number of hydrogen-bond donors (Lipinski definition) is 2. The number of esters is 1. The van der Waals surface area contributed by atoms with Gasteiger partial charge in [-0.05, 0) is 6.92 Å². The minimum atomic E-state index is -0.749. The fraction of sp³-hybridized carbons (Fsp3) is 0.400. The van der Waals surface area contributed by atoms with Crippen LogP contribution in [0.4, 0.5) is 0 Å². The molecule has 7 heteroatoms. The molecule has 0 fully saturated rings. The van der Waals surface area contributed by atoms with Gasteiger partial charge in [-0.2, -0.15) is 0 Å². The smallest absolute Gasteiger partial charge is 0.336 e. The molecular weight excluding hydrogens is 230 g/mol. The van der Waals surface area contributed by atoms with E-state index in [2.05, 4.69) is 4.84 Å². The Morgan fingerprint density at radius 2 is 1.88 bits per heavy atom. The third-order valence-corrected chi connectivity index (χ3v) is 1.81. The lowest BCUT2D eigenvalue weighted by Crippen LogP contribution is -2.24. The zero-order valence-corrected chi connectivity index (χ0v) is 9.41. The SMILES string of the molecule is CC(=O)OC(C)CC(=O)On1c(O)ccc1O. The van der Waals surface area contributed by atoms with Gasteiger partial charge >= 0.3 is 11.9 Å². The van der Waals surface area contributed by atoms with E-state index in [1.54, 1.807) is 0 Å². The van der Waals surface area contributed by atoms with Crippen molar-refractivity contribution in [2.24, 2.45) is 0 Å². The van der Waals surface area contributed by atoms with Crippen LogP contribution >= 0.6 is 0 Å². The van der Waals surface area contributed by atoms with Gasteiger partial charge in [0.15, 0.2) is 0 Å². The molecule has 0 radical (unpaired) electrons. The average Bonchev–Trinajstić information content (AvgIpc) is 2.47. The number of aromatic hydroxyl groups is 2. The molecule has 1 rings (SSSR count). The third kappa shape index (κ3) is 3.71. The predicted molar refractivity (Wildman–Crippen MR) is 55.2 cm³/mol. The van der Waals surface area contributed by atoms with Gasteiger partial charge in [-0.15, -0.1) is 4.73 Å². The molecule has 1 aromatic heterocycles. The van der Waals surface area contributed by atoms with E-state index in [4.69, 9.17) is 4.74 Å². The van der Waals surface area contributed by atoms with E-state index in [9.17, 15) is 19.8 Å². The fourth-order valence-electron chi connectivity index (χ4n) is 1.19. The van der Waals surface area contributed by atoms with Crippen molar-refractivity contribution >= 4 is 11.9 Å². The Labute approximate surface area is 97.1 Å². The van der Waals surface area contributed by atoms with Crippen molar-refractivity contribution in [1.29, 1.82) is 0 Å². The molecule has 0 aliphatic rings. The minimum Gasteiger partial charge on any atom is -0.492 e. The maximum absolute atomic E-state index is 11.4. The normalized spacial score (nSPS) is 11.9. The van der Waals surface area contributed by atoms with Crippen molar-refractivity contribution in [2.45, 2.75) is 26.4 Å². The van der Waals surface area contributed by atoms with Crippen molar-refractivity contribution in [3.8, 4) is 11.8 Å². The summed E-state index contributed by atoms with van der Waals surface area (Å²) in [6, 6.07) is 2.33. The summed E-state index contributed by atoms with van der Waals surface area (Å²) < 4.78 is 5.30. The maximum Gasteiger partial charge on any atom is 0.336 e. The van der Waals surface area contributed by atoms with Crippen molar-refractivity contribution in [1.82, 2.24) is 4.73 Å². The van der Waals surface area contributed by atoms with Crippen molar-refractivity contribution < 1.29 is 29.4 Å². The Hall–Kier alpha value is -2.18. The second kappa shape index (κ2) is 5.24. The number of ether oxygens (including phenoxy) is 1. The molecular formula is C10H13NO6. The van der Waals surface area contributed by atoms with Gasteiger partial charge in [0.2, 0.25) is 11.8 Å². The van der Waals surface area contributed by atoms with E-state index < -0.39 is 29.8 Å². The average molecular weight is 243 g/mol. The van der Waals surface area contributed by atoms with Crippen LogP contribution in [0.1, 0.15) is 20.3 Å². The monoisotopic (exact) mass is 243 g/mol. The second-order valence-corrected chi connectivity index (χ2v) is 3.43. The molecule has 1 heterocycles. The Morgan fingerprint density at radius 1 is 1.35 bits per heavy atom. The molecule has 0 bridgehead atoms. The van der Waals surface area contributed by atoms with E-state index >= 15 is 0 Å². The van der Waals surface area contributed by atoms with E-state index in [0.29, 0.717) is 4.73 Å². The van der Waals surface area contributed by atoms with Crippen LogP contribution in [0.2, 0.25) is 0 Å². The second-order valence-electron chi connectivity index (χ2n) is 3.43. The Bertz CT molecular complexity index is 405. The van der Waals surface area contributed by atoms with Gasteiger partial charge in [0.05, 0.1) is 6.42 Å². The van der Waals surface area contributed by atoms with E-state index in [0.717, 1.165) is 12.1 Å². The molecule has 0 saturated carbocycles. The lowest BCUT2D eigenvalue weighted by Gasteiger charge is -2.11. The first kappa shape index (κ1) is 12.9. The molecule has 0 spiro atoms. The van der Waals surface area contributed by atoms with E-state index in [1.165, 1.54) is 13.8 Å². The number of aromatic nitrogens is 1. The molecule has 0 aromatic carbocycles. The lowest BCUT2D eigenvalue weighted by atomic mass is 10.3. The van der Waals surface area contributed by atoms with Gasteiger partial charge in [0, 0.05) is 19.1 Å². The summed E-state index contributed by atoms with van der Waals surface area (Å²) in [5.74, 6) is -2.07. The molecule has 0 saturated heterocycles. The quantitative estimate of drug-likeness (QED) is 0.733. The highest BCUT2D eigenvalue weighted by atomic mass is 16.7. The molecule has 1 aromatic rings. The Balaban J connectivity index is 2.53. The minimum absolute atomic E-state index is 0.184. The first-order chi connectivity index (χ1) is 7.90. The highest BCUT2D eigenvalue weighted by Crippen LogP contribution is 2.18. The molecule has 0 aliphatic carbocycles. The van der Waals surface area contributed by atoms with Crippen LogP contribution in [0, 0.1) is 0 Å². The standard InChI is InChI=1S/C10H13NO6/c1-6(16-7(2)12)5-10(15)17-11-8(13)3-4-9(11)14/h3-4,6,13-14H,5H2,1-2H3. The lowest BCUT2D eigenvalue weighted by molar-refractivity contribution is -0.153. The molecule has 94 valence electrons. The molecule has 7 nitrogen and oxygen atoms in total. The number of hydrogen-bond acceptors (Lipinski definition) is 6. The van der Waals surface area contributed by atoms with Crippen LogP contribution < -0.4 is 4.84 Å². The molecule has 1 atom stereocenters. The summed E-state index contributed by atoms with van der Waals surface area (Å²) >= 11 is 0. The van der Waals surface area contributed by atoms with Crippen molar-refractivity contribution in [3.63, 3.8) is 0 Å². The Kier molecular flexibility index (Phi) is 3.97. The first-order valence-electron chi connectivity index (χ1n) is 4.88. The highest BCUT2D eigenvalue weighted by Gasteiger charge is 2.16. The molecule has 2 N–H and O–H groups in total. The van der Waals surface area contributed by atoms with Gasteiger partial charge in [0.1, 0.15) is 6.10 Å². The van der Waals surface area contributed by atoms with Gasteiger partial charge < -0.3 is 19.8 Å². The van der Waals surface area contributed by atoms with Crippen LogP contribution in [-0.2, 0) is 14.3 Å². The first-order valence-corrected chi connectivity index (χ1v) is 4.88. The summed E-state index contributed by atoms with van der Waals surface area (Å²) in [7, 11) is 0. The Morgan fingerprint density at radius 3 is 2.35 bits per heavy atom. The summed E-state index contributed by atoms with van der Waals surface area (Å²) in [4.78, 5) is 26.6. The summed E-state index contributed by atoms with van der Waals surface area (Å²) in [5, 5.41) is 18.4. The highest BCUT2D eigenvalue weighted by molar-refractivity contribution is 5.71. The van der Waals surface area contributed by atoms with Crippen LogP contribution in [0.5, 0.6) is 11.8 Å². The number of rotatable bonds is 4. The molecule has 1 unspecified atom stereocenters. The fourth-order valence-corrected chi connectivity index (χ4v) is 1.19. The molecule has 0 aliphatic heterocycles. The van der Waals surface area contributed by atoms with E-state index in [1.807, 2.05) is 0 Å². The van der Waals surface area contributed by atoms with Gasteiger partial charge in [-0.3, -0.25) is 4.79 Å². The summed E-state index contributed by atoms with van der Waals surface area (Å²) in [6.07, 6.45) is -0.823. The van der Waals surface area contributed by atoms with Crippen molar-refractivity contribution in [3.05, 3.63) is 12.1 Å². The van der Waals surface area contributed by atoms with Crippen LogP contribution in [0.25, 0.3) is 0 Å². The summed E-state index contributed by atoms with van der Waals surface area (Å²) in [5.41, 5.74) is 0. The van der Waals surface area contributed by atoms with Gasteiger partial charge in [-0.25, -0.2) is 4.79 Å². The van der Waals surface area contributed by atoms with Crippen molar-refractivity contribution in [2.75, 3.05) is 0 Å². The number of carbonyl (C=O) groups is 2. The van der Waals surface area contributed by atoms with Crippen LogP contribution in [0.15, 0.2) is 12.1 Å². The van der Waals surface area contributed by atoms with Gasteiger partial charge in [0.25, 0.3) is 0 Å². The van der Waals surface area contributed by atoms with Crippen LogP contribution in [0.3, 0.4) is 0 Å². The van der Waals surface area contributed by atoms with Crippen LogP contribution in [-0.4, -0.2) is 33.0 Å². The predicted octanol–water partition coefficient (Wildman–Crippen LogP) is 0.196. The maximum atomic E-state index is 11.4. The zero-order valence-electron chi connectivity index (χ0n) is 9.41. The molecule has 0 amide bonds. The number of carbonyl (C=O) groups excluding carboxylic acids is 2.